The first kappa shape index (κ1) is 49.1. The van der Waals surface area contributed by atoms with Crippen LogP contribution in [0.15, 0.2) is 120 Å². The average molecular weight is 1060 g/mol. The number of pyridine rings is 2. The smallest absolute Gasteiger partial charge is 0.146 e. The minimum atomic E-state index is -0.183. The Hall–Kier alpha value is -5.86. The second-order valence-electron chi connectivity index (χ2n) is 23.0. The van der Waals surface area contributed by atoms with Crippen molar-refractivity contribution < 1.29 is 24.5 Å². The molecule has 0 unspecified atom stereocenters. The molecule has 5 aromatic carbocycles. The van der Waals surface area contributed by atoms with Gasteiger partial charge in [0.25, 0.3) is 0 Å². The Morgan fingerprint density at radius 3 is 1.49 bits per heavy atom. The van der Waals surface area contributed by atoms with Crippen molar-refractivity contribution >= 4 is 43.7 Å². The number of benzene rings is 5. The summed E-state index contributed by atoms with van der Waals surface area (Å²) in [5, 5.41) is 15.1. The summed E-state index contributed by atoms with van der Waals surface area (Å²) in [6.07, 6.45) is 3.92. The summed E-state index contributed by atoms with van der Waals surface area (Å²) in [6, 6.07) is 45.4. The van der Waals surface area contributed by atoms with Crippen LogP contribution in [0, 0.1) is 23.5 Å². The van der Waals surface area contributed by atoms with Gasteiger partial charge in [-0.25, -0.2) is 0 Å². The van der Waals surface area contributed by atoms with E-state index in [4.69, 9.17) is 9.40 Å². The number of rotatable bonds is 3. The molecule has 4 aromatic heterocycles. The molecule has 0 aliphatic rings. The van der Waals surface area contributed by atoms with E-state index in [2.05, 4.69) is 204 Å². The molecule has 0 amide bonds. The Bertz CT molecular complexity index is 3220. The van der Waals surface area contributed by atoms with E-state index in [1.54, 1.807) is 0 Å². The fraction of sp³-hybridized carbons (Fsp3) is 0.328. The summed E-state index contributed by atoms with van der Waals surface area (Å²) in [7, 11) is 0. The molecule has 9 rings (SSSR count). The molecule has 9 aromatic rings. The predicted molar refractivity (Wildman–Crippen MR) is 277 cm³/mol. The summed E-state index contributed by atoms with van der Waals surface area (Å²) in [5.41, 5.74) is 14.4. The Balaban J connectivity index is 0.000000331. The third-order valence-corrected chi connectivity index (χ3v) is 12.8. The summed E-state index contributed by atoms with van der Waals surface area (Å²) in [4.78, 5) is 9.42. The molecule has 345 valence electrons. The average Bonchev–Trinajstić information content (AvgIpc) is 3.80. The zero-order valence-electron chi connectivity index (χ0n) is 42.0. The van der Waals surface area contributed by atoms with Crippen LogP contribution in [0.5, 0.6) is 0 Å². The van der Waals surface area contributed by atoms with Crippen molar-refractivity contribution in [2.75, 3.05) is 0 Å². The van der Waals surface area contributed by atoms with E-state index in [1.165, 1.54) is 22.3 Å². The van der Waals surface area contributed by atoms with Gasteiger partial charge in [0.1, 0.15) is 17.3 Å². The molecule has 5 nitrogen and oxygen atoms in total. The van der Waals surface area contributed by atoms with Crippen molar-refractivity contribution in [1.82, 2.24) is 14.5 Å². The van der Waals surface area contributed by atoms with Crippen LogP contribution in [0.1, 0.15) is 137 Å². The van der Waals surface area contributed by atoms with Gasteiger partial charge in [-0.05, 0) is 78.9 Å². The van der Waals surface area contributed by atoms with E-state index >= 15 is 0 Å². The van der Waals surface area contributed by atoms with E-state index in [-0.39, 0.29) is 47.2 Å². The van der Waals surface area contributed by atoms with Gasteiger partial charge in [-0.1, -0.05) is 169 Å². The van der Waals surface area contributed by atoms with Crippen LogP contribution in [-0.4, -0.2) is 14.5 Å². The van der Waals surface area contributed by atoms with Gasteiger partial charge in [-0.15, -0.1) is 53.6 Å². The fourth-order valence-electron chi connectivity index (χ4n) is 8.69. The van der Waals surface area contributed by atoms with Gasteiger partial charge in [-0.3, -0.25) is 0 Å². The molecule has 4 heterocycles. The first-order valence-corrected chi connectivity index (χ1v) is 23.2. The zero-order chi connectivity index (χ0) is 47.7. The SMILES string of the molecule is CC(C)(C)c1ccc(-c2[c-]cc(C(C)(C)C)c3c2oc2c(-n4c5cc(C(C)(C)C)ccc5c5ccc(C(C)(C)C)cc54)c(C#N)ccc23)nc1.CC(C)(C)c1ccc(-c2[c-]cccc2)nc1.[Ir]. The molecular weight excluding hydrogens is 997 g/mol. The standard InChI is InChI=1S/C46H48N3O.C15H16N.Ir/c1-43(2,3)28-14-18-31-32-19-15-29(44(4,5)6)24-38(32)49(37(31)23-28)40-27(25-47)13-17-34-39-35(46(10,11)12)21-20-33(41(39)50-42(34)40)36-22-16-30(26-48-36)45(7,8)9;1-15(2,3)13-9-10-14(16-11-13)12-7-5-4-6-8-12;/h13-19,21-24,26H,1-12H3;4-7,9-11H,1-3H3;/q2*-1;. The molecule has 0 atom stereocenters. The quantitative estimate of drug-likeness (QED) is 0.165. The molecule has 67 heavy (non-hydrogen) atoms. The maximum atomic E-state index is 10.8. The topological polar surface area (TPSA) is 67.6 Å². The van der Waals surface area contributed by atoms with Gasteiger partial charge in [0.15, 0.2) is 0 Å². The molecule has 0 spiro atoms. The normalized spacial score (nSPS) is 12.6. The number of furan rings is 1. The number of nitrogens with zero attached hydrogens (tertiary/aromatic N) is 4. The fourth-order valence-corrected chi connectivity index (χ4v) is 8.69. The van der Waals surface area contributed by atoms with E-state index in [0.717, 1.165) is 71.9 Å². The summed E-state index contributed by atoms with van der Waals surface area (Å²) < 4.78 is 9.41. The van der Waals surface area contributed by atoms with Gasteiger partial charge in [0.2, 0.25) is 0 Å². The molecule has 0 aliphatic heterocycles. The van der Waals surface area contributed by atoms with Gasteiger partial charge in [-0.2, -0.15) is 5.26 Å². The maximum absolute atomic E-state index is 10.8. The Kier molecular flexibility index (Phi) is 12.9. The van der Waals surface area contributed by atoms with Crippen molar-refractivity contribution in [3.8, 4) is 34.3 Å². The summed E-state index contributed by atoms with van der Waals surface area (Å²) >= 11 is 0. The van der Waals surface area contributed by atoms with Gasteiger partial charge < -0.3 is 19.0 Å². The number of hydrogen-bond acceptors (Lipinski definition) is 4. The molecule has 0 fully saturated rings. The zero-order valence-corrected chi connectivity index (χ0v) is 44.4. The molecule has 0 saturated carbocycles. The molecule has 1 radical (unpaired) electrons. The molecule has 6 heteroatoms. The molecule has 0 saturated heterocycles. The summed E-state index contributed by atoms with van der Waals surface area (Å²) in [5.74, 6) is 0. The van der Waals surface area contributed by atoms with Gasteiger partial charge >= 0.3 is 0 Å². The van der Waals surface area contributed by atoms with Crippen LogP contribution < -0.4 is 0 Å². The second kappa shape index (κ2) is 17.7. The van der Waals surface area contributed by atoms with E-state index in [9.17, 15) is 5.26 Å². The van der Waals surface area contributed by atoms with Crippen molar-refractivity contribution in [3.05, 3.63) is 161 Å². The van der Waals surface area contributed by atoms with Crippen LogP contribution in [0.2, 0.25) is 0 Å². The Labute approximate surface area is 412 Å². The molecular formula is C61H64IrN4O-2. The van der Waals surface area contributed by atoms with E-state index < -0.39 is 0 Å². The van der Waals surface area contributed by atoms with Gasteiger partial charge in [0.05, 0.1) is 22.2 Å². The maximum Gasteiger partial charge on any atom is 0.146 e. The van der Waals surface area contributed by atoms with Crippen molar-refractivity contribution in [3.63, 3.8) is 0 Å². The van der Waals surface area contributed by atoms with Crippen LogP contribution in [0.4, 0.5) is 0 Å². The van der Waals surface area contributed by atoms with Crippen molar-refractivity contribution in [2.24, 2.45) is 0 Å². The second-order valence-corrected chi connectivity index (χ2v) is 23.0. The molecule has 0 bridgehead atoms. The van der Waals surface area contributed by atoms with Crippen LogP contribution in [-0.2, 0) is 47.2 Å². The first-order valence-electron chi connectivity index (χ1n) is 23.2. The molecule has 0 aliphatic carbocycles. The number of aromatic nitrogens is 3. The van der Waals surface area contributed by atoms with Crippen LogP contribution in [0.3, 0.4) is 0 Å². The predicted octanol–water partition coefficient (Wildman–Crippen LogP) is 16.5. The monoisotopic (exact) mass is 1060 g/mol. The number of fused-ring (bicyclic) bond motifs is 6. The van der Waals surface area contributed by atoms with E-state index in [0.29, 0.717) is 11.1 Å². The first-order chi connectivity index (χ1) is 30.9. The third-order valence-electron chi connectivity index (χ3n) is 12.8. The van der Waals surface area contributed by atoms with Gasteiger partial charge in [0, 0.05) is 48.7 Å². The van der Waals surface area contributed by atoms with Crippen LogP contribution in [0.25, 0.3) is 71.9 Å². The largest absolute Gasteiger partial charge is 0.498 e. The third kappa shape index (κ3) is 9.52. The van der Waals surface area contributed by atoms with Crippen LogP contribution >= 0.6 is 0 Å². The van der Waals surface area contributed by atoms with Crippen molar-refractivity contribution in [2.45, 2.75) is 131 Å². The minimum absolute atomic E-state index is 0. The summed E-state index contributed by atoms with van der Waals surface area (Å²) in [6.45, 7) is 33.3. The Morgan fingerprint density at radius 1 is 0.537 bits per heavy atom. The van der Waals surface area contributed by atoms with Crippen molar-refractivity contribution in [1.29, 1.82) is 5.26 Å². The number of hydrogen-bond donors (Lipinski definition) is 0. The molecule has 0 N–H and O–H groups in total. The Morgan fingerprint density at radius 2 is 1.04 bits per heavy atom. The minimum Gasteiger partial charge on any atom is -0.498 e. The number of nitriles is 1. The van der Waals surface area contributed by atoms with E-state index in [1.807, 2.05) is 42.7 Å².